The quantitative estimate of drug-likeness (QED) is 0.711. The molecule has 7 nitrogen and oxygen atoms in total. The van der Waals surface area contributed by atoms with Gasteiger partial charge in [-0.3, -0.25) is 9.52 Å². The fourth-order valence-corrected chi connectivity index (χ4v) is 2.44. The minimum absolute atomic E-state index is 0.230. The molecule has 0 aliphatic carbocycles. The Hall–Kier alpha value is -2.49. The number of H-pyrrole nitrogens is 1. The molecule has 2 aromatic rings. The van der Waals surface area contributed by atoms with Crippen molar-refractivity contribution in [3.05, 3.63) is 46.3 Å². The van der Waals surface area contributed by atoms with Crippen molar-refractivity contribution in [1.82, 2.24) is 10.2 Å². The number of sulfonamides is 1. The van der Waals surface area contributed by atoms with Gasteiger partial charge in [-0.25, -0.2) is 22.3 Å². The number of aromatic nitrogens is 2. The lowest BCUT2D eigenvalue weighted by Gasteiger charge is -2.09. The summed E-state index contributed by atoms with van der Waals surface area (Å²) < 4.78 is 52.4. The summed E-state index contributed by atoms with van der Waals surface area (Å²) in [4.78, 5) is 9.95. The van der Waals surface area contributed by atoms with E-state index in [1.807, 2.05) is 9.82 Å². The number of nitrogens with zero attached hydrogens (tertiary/aromatic N) is 1. The molecule has 0 aliphatic heterocycles. The van der Waals surface area contributed by atoms with E-state index in [1.165, 1.54) is 0 Å². The maximum Gasteiger partial charge on any atom is 0.266 e. The van der Waals surface area contributed by atoms with Gasteiger partial charge >= 0.3 is 0 Å². The molecule has 20 heavy (non-hydrogen) atoms. The minimum Gasteiger partial charge on any atom is -0.394 e. The molecule has 0 fully saturated rings. The summed E-state index contributed by atoms with van der Waals surface area (Å²) in [6.45, 7) is 0. The van der Waals surface area contributed by atoms with E-state index < -0.39 is 37.8 Å². The number of benzene rings is 1. The van der Waals surface area contributed by atoms with Crippen LogP contribution in [-0.4, -0.2) is 18.6 Å². The maximum atomic E-state index is 13.7. The van der Waals surface area contributed by atoms with Crippen molar-refractivity contribution >= 4 is 21.5 Å². The van der Waals surface area contributed by atoms with Crippen molar-refractivity contribution < 1.29 is 17.2 Å². The molecule has 0 amide bonds. The van der Waals surface area contributed by atoms with Crippen LogP contribution in [0.15, 0.2) is 34.0 Å². The number of halogens is 2. The smallest absolute Gasteiger partial charge is 0.266 e. The molecule has 4 N–H and O–H groups in total. The number of nitrogen functional groups attached to an aromatic ring is 1. The highest BCUT2D eigenvalue weighted by Gasteiger charge is 2.23. The van der Waals surface area contributed by atoms with Gasteiger partial charge in [0.1, 0.15) is 16.4 Å². The van der Waals surface area contributed by atoms with E-state index in [-0.39, 0.29) is 5.82 Å². The minimum atomic E-state index is -4.35. The van der Waals surface area contributed by atoms with Gasteiger partial charge in [0.25, 0.3) is 15.6 Å². The molecule has 0 radical (unpaired) electrons. The van der Waals surface area contributed by atoms with Crippen LogP contribution in [-0.2, 0) is 10.0 Å². The molecule has 0 unspecified atom stereocenters. The zero-order valence-electron chi connectivity index (χ0n) is 9.72. The molecule has 2 rings (SSSR count). The Kier molecular flexibility index (Phi) is 3.40. The number of anilines is 2. The van der Waals surface area contributed by atoms with Crippen molar-refractivity contribution in [2.75, 3.05) is 10.5 Å². The van der Waals surface area contributed by atoms with Gasteiger partial charge in [0.15, 0.2) is 11.6 Å². The van der Waals surface area contributed by atoms with Crippen LogP contribution in [0.2, 0.25) is 0 Å². The fourth-order valence-electron chi connectivity index (χ4n) is 1.35. The predicted octanol–water partition coefficient (Wildman–Crippen LogP) is 0.431. The fraction of sp³-hybridized carbons (Fsp3) is 0. The molecule has 0 saturated heterocycles. The topological polar surface area (TPSA) is 118 Å². The monoisotopic (exact) mass is 302 g/mol. The van der Waals surface area contributed by atoms with E-state index in [2.05, 4.69) is 5.10 Å². The third-order valence-corrected chi connectivity index (χ3v) is 3.67. The first kappa shape index (κ1) is 13.9. The Balaban J connectivity index is 2.43. The zero-order chi connectivity index (χ0) is 14.9. The van der Waals surface area contributed by atoms with Crippen LogP contribution in [0.5, 0.6) is 0 Å². The molecular weight excluding hydrogens is 294 g/mol. The van der Waals surface area contributed by atoms with Crippen LogP contribution in [0, 0.1) is 11.6 Å². The number of rotatable bonds is 3. The summed E-state index contributed by atoms with van der Waals surface area (Å²) in [5.74, 6) is -2.70. The lowest BCUT2D eigenvalue weighted by Crippen LogP contribution is -2.18. The lowest BCUT2D eigenvalue weighted by atomic mass is 10.3. The highest BCUT2D eigenvalue weighted by molar-refractivity contribution is 7.92. The normalized spacial score (nSPS) is 11.3. The van der Waals surface area contributed by atoms with Crippen LogP contribution in [0.4, 0.5) is 20.3 Å². The highest BCUT2D eigenvalue weighted by Crippen LogP contribution is 2.23. The van der Waals surface area contributed by atoms with Crippen LogP contribution in [0.25, 0.3) is 0 Å². The molecule has 0 saturated carbocycles. The molecule has 1 aromatic carbocycles. The summed E-state index contributed by atoms with van der Waals surface area (Å²) in [7, 11) is -4.35. The first-order valence-electron chi connectivity index (χ1n) is 5.13. The second kappa shape index (κ2) is 4.89. The van der Waals surface area contributed by atoms with E-state index in [0.717, 1.165) is 24.3 Å². The van der Waals surface area contributed by atoms with E-state index in [0.29, 0.717) is 0 Å². The maximum absolute atomic E-state index is 13.7. The van der Waals surface area contributed by atoms with Gasteiger partial charge in [-0.15, -0.1) is 0 Å². The van der Waals surface area contributed by atoms with Gasteiger partial charge in [0, 0.05) is 6.07 Å². The Morgan fingerprint density at radius 2 is 1.90 bits per heavy atom. The van der Waals surface area contributed by atoms with E-state index in [1.54, 1.807) is 0 Å². The molecule has 0 atom stereocenters. The molecule has 106 valence electrons. The van der Waals surface area contributed by atoms with Crippen LogP contribution in [0.1, 0.15) is 0 Å². The van der Waals surface area contributed by atoms with Crippen LogP contribution < -0.4 is 16.0 Å². The summed E-state index contributed by atoms with van der Waals surface area (Å²) >= 11 is 0. The van der Waals surface area contributed by atoms with Crippen molar-refractivity contribution in [1.29, 1.82) is 0 Å². The molecule has 0 spiro atoms. The molecule has 1 heterocycles. The summed E-state index contributed by atoms with van der Waals surface area (Å²) in [5.41, 5.74) is 3.65. The average molecular weight is 302 g/mol. The van der Waals surface area contributed by atoms with Gasteiger partial charge in [-0.2, -0.15) is 5.10 Å². The van der Waals surface area contributed by atoms with Crippen LogP contribution >= 0.6 is 0 Å². The van der Waals surface area contributed by atoms with E-state index in [4.69, 9.17) is 5.73 Å². The summed E-state index contributed by atoms with van der Waals surface area (Å²) in [6, 6.07) is 3.57. The molecule has 0 aliphatic rings. The number of aromatic amines is 1. The standard InChI is InChI=1S/C10H8F2N4O3S/c11-5-1-2-6(9(12)10(5)13)20(18,19)16-7-3-4-8(17)15-14-7/h1-4H,13H2,(H,14,16)(H,15,17). The Labute approximate surface area is 111 Å². The molecule has 1 aromatic heterocycles. The first-order valence-corrected chi connectivity index (χ1v) is 6.61. The Morgan fingerprint density at radius 1 is 1.20 bits per heavy atom. The Bertz CT molecular complexity index is 799. The number of hydrogen-bond acceptors (Lipinski definition) is 5. The second-order valence-electron chi connectivity index (χ2n) is 3.69. The van der Waals surface area contributed by atoms with Crippen molar-refractivity contribution in [3.8, 4) is 0 Å². The molecule has 0 bridgehead atoms. The lowest BCUT2D eigenvalue weighted by molar-refractivity contribution is 0.557. The second-order valence-corrected chi connectivity index (χ2v) is 5.34. The largest absolute Gasteiger partial charge is 0.394 e. The number of nitrogens with two attached hydrogens (primary N) is 1. The van der Waals surface area contributed by atoms with E-state index >= 15 is 0 Å². The molecular formula is C10H8F2N4O3S. The van der Waals surface area contributed by atoms with Crippen molar-refractivity contribution in [2.45, 2.75) is 4.90 Å². The third-order valence-electron chi connectivity index (χ3n) is 2.30. The van der Waals surface area contributed by atoms with Gasteiger partial charge < -0.3 is 5.73 Å². The van der Waals surface area contributed by atoms with E-state index in [9.17, 15) is 22.0 Å². The number of hydrogen-bond donors (Lipinski definition) is 3. The van der Waals surface area contributed by atoms with Gasteiger partial charge in [-0.1, -0.05) is 0 Å². The van der Waals surface area contributed by atoms with Crippen molar-refractivity contribution in [3.63, 3.8) is 0 Å². The van der Waals surface area contributed by atoms with Crippen LogP contribution in [0.3, 0.4) is 0 Å². The third kappa shape index (κ3) is 2.59. The summed E-state index contributed by atoms with van der Waals surface area (Å²) in [5, 5.41) is 5.40. The molecule has 10 heteroatoms. The van der Waals surface area contributed by atoms with Gasteiger partial charge in [-0.05, 0) is 18.2 Å². The number of nitrogens with one attached hydrogen (secondary N) is 2. The predicted molar refractivity (Wildman–Crippen MR) is 66.4 cm³/mol. The first-order chi connectivity index (χ1) is 9.31. The summed E-state index contributed by atoms with van der Waals surface area (Å²) in [6.07, 6.45) is 0. The zero-order valence-corrected chi connectivity index (χ0v) is 10.5. The van der Waals surface area contributed by atoms with Gasteiger partial charge in [0.2, 0.25) is 0 Å². The van der Waals surface area contributed by atoms with Crippen molar-refractivity contribution in [2.24, 2.45) is 0 Å². The highest BCUT2D eigenvalue weighted by atomic mass is 32.2. The van der Waals surface area contributed by atoms with Gasteiger partial charge in [0.05, 0.1) is 0 Å². The average Bonchev–Trinajstić information content (AvgIpc) is 2.38. The SMILES string of the molecule is Nc1c(F)ccc(S(=O)(=O)Nc2ccc(=O)[nH]n2)c1F. The Morgan fingerprint density at radius 3 is 2.50 bits per heavy atom.